The molecule has 1 aromatic heterocycles. The van der Waals surface area contributed by atoms with Gasteiger partial charge < -0.3 is 14.9 Å². The van der Waals surface area contributed by atoms with E-state index in [9.17, 15) is 19.1 Å². The van der Waals surface area contributed by atoms with Gasteiger partial charge in [0.2, 0.25) is 5.91 Å². The first-order valence-corrected chi connectivity index (χ1v) is 13.5. The molecule has 7 heteroatoms. The molecule has 1 aliphatic heterocycles. The van der Waals surface area contributed by atoms with E-state index in [1.165, 1.54) is 23.3 Å². The number of alkyl halides is 1. The number of carbonyl (C=O) groups excluding carboxylic acids is 1. The third kappa shape index (κ3) is 5.68. The first-order valence-electron chi connectivity index (χ1n) is 12.7. The summed E-state index contributed by atoms with van der Waals surface area (Å²) in [6.45, 7) is 3.79. The monoisotopic (exact) mass is 476 g/mol. The van der Waals surface area contributed by atoms with Gasteiger partial charge in [-0.05, 0) is 81.8 Å². The number of likely N-dealkylation sites (tertiary alicyclic amines) is 1. The lowest BCUT2D eigenvalue weighted by atomic mass is 9.82. The molecule has 0 spiro atoms. The average Bonchev–Trinajstić information content (AvgIpc) is 3.27. The summed E-state index contributed by atoms with van der Waals surface area (Å²) in [6.07, 6.45) is 11.9. The van der Waals surface area contributed by atoms with Gasteiger partial charge in [0.15, 0.2) is 0 Å². The van der Waals surface area contributed by atoms with Gasteiger partial charge in [-0.1, -0.05) is 13.0 Å². The zero-order valence-corrected chi connectivity index (χ0v) is 20.5. The van der Waals surface area contributed by atoms with Crippen molar-refractivity contribution in [2.45, 2.75) is 77.2 Å². The van der Waals surface area contributed by atoms with Crippen molar-refractivity contribution in [2.24, 2.45) is 11.8 Å². The second-order valence-electron chi connectivity index (χ2n) is 10.0. The molecule has 0 radical (unpaired) electrons. The average molecular weight is 477 g/mol. The number of allylic oxidation sites excluding steroid dienone is 2. The summed E-state index contributed by atoms with van der Waals surface area (Å²) in [5.74, 6) is -0.256. The Morgan fingerprint density at radius 1 is 1.15 bits per heavy atom. The van der Waals surface area contributed by atoms with E-state index in [0.29, 0.717) is 18.2 Å². The first-order chi connectivity index (χ1) is 16.0. The van der Waals surface area contributed by atoms with Gasteiger partial charge in [-0.25, -0.2) is 9.18 Å². The molecular weight excluding hydrogens is 439 g/mol. The molecule has 182 valence electrons. The zero-order valence-electron chi connectivity index (χ0n) is 19.7. The Balaban J connectivity index is 1.66. The number of hydrogen-bond donors (Lipinski definition) is 1. The second-order valence-corrected chi connectivity index (χ2v) is 11.1. The Hall–Kier alpha value is -1.73. The summed E-state index contributed by atoms with van der Waals surface area (Å²) in [5, 5.41) is 10.1. The molecule has 0 atom stereocenters. The minimum absolute atomic E-state index is 0.0337. The zero-order chi connectivity index (χ0) is 23.4. The number of carboxylic acid groups (broad SMARTS) is 1. The van der Waals surface area contributed by atoms with E-state index in [0.717, 1.165) is 75.8 Å². The van der Waals surface area contributed by atoms with Gasteiger partial charge in [0.05, 0.1) is 5.69 Å². The molecule has 2 heterocycles. The van der Waals surface area contributed by atoms with Gasteiger partial charge in [-0.15, -0.1) is 11.3 Å². The third-order valence-corrected chi connectivity index (χ3v) is 8.89. The van der Waals surface area contributed by atoms with Crippen molar-refractivity contribution in [3.63, 3.8) is 0 Å². The van der Waals surface area contributed by atoms with Gasteiger partial charge in [0, 0.05) is 36.5 Å². The van der Waals surface area contributed by atoms with Crippen molar-refractivity contribution in [2.75, 3.05) is 31.2 Å². The molecular formula is C26H37FN2O3S. The maximum absolute atomic E-state index is 13.9. The quantitative estimate of drug-likeness (QED) is 0.525. The van der Waals surface area contributed by atoms with Crippen molar-refractivity contribution in [1.82, 2.24) is 4.90 Å². The number of rotatable bonds is 7. The van der Waals surface area contributed by atoms with Crippen molar-refractivity contribution in [3.8, 4) is 0 Å². The fourth-order valence-electron chi connectivity index (χ4n) is 5.65. The van der Waals surface area contributed by atoms with E-state index >= 15 is 0 Å². The van der Waals surface area contributed by atoms with E-state index < -0.39 is 5.97 Å². The molecule has 4 rings (SSSR count). The highest BCUT2D eigenvalue weighted by Crippen LogP contribution is 2.41. The first kappa shape index (κ1) is 24.4. The van der Waals surface area contributed by atoms with Crippen LogP contribution in [0.2, 0.25) is 0 Å². The smallest absolute Gasteiger partial charge is 0.348 e. The molecule has 1 saturated heterocycles. The van der Waals surface area contributed by atoms with Crippen molar-refractivity contribution >= 4 is 34.5 Å². The molecule has 5 nitrogen and oxygen atoms in total. The molecule has 1 aromatic rings. The Morgan fingerprint density at radius 2 is 1.88 bits per heavy atom. The number of amides is 1. The van der Waals surface area contributed by atoms with Crippen LogP contribution in [0.4, 0.5) is 10.1 Å². The number of thiophene rings is 1. The molecule has 33 heavy (non-hydrogen) atoms. The van der Waals surface area contributed by atoms with Crippen molar-refractivity contribution in [3.05, 3.63) is 21.9 Å². The number of carboxylic acids is 1. The lowest BCUT2D eigenvalue weighted by Gasteiger charge is -2.40. The lowest BCUT2D eigenvalue weighted by molar-refractivity contribution is -0.124. The Morgan fingerprint density at radius 3 is 2.48 bits per heavy atom. The molecule has 0 aromatic carbocycles. The Labute approximate surface area is 200 Å². The standard InChI is InChI=1S/C26H37FN2O3S/c1-18-7-9-20(10-8-18)25(30)29(21-11-14-28(15-12-21)16-13-27)22-17-23(33-24(22)26(31)32)19-5-3-2-4-6-19/h5,17-18,20-21H,2-4,6-16H2,1H3,(H,31,32)/t18-,20-. The second kappa shape index (κ2) is 11.1. The van der Waals surface area contributed by atoms with Crippen LogP contribution >= 0.6 is 11.3 Å². The molecule has 3 aliphatic rings. The van der Waals surface area contributed by atoms with Crippen LogP contribution in [0, 0.1) is 11.8 Å². The van der Waals surface area contributed by atoms with Crippen LogP contribution < -0.4 is 4.90 Å². The lowest BCUT2D eigenvalue weighted by Crippen LogP contribution is -2.50. The molecule has 0 unspecified atom stereocenters. The molecule has 2 fully saturated rings. The topological polar surface area (TPSA) is 60.9 Å². The van der Waals surface area contributed by atoms with E-state index in [1.807, 2.05) is 11.0 Å². The van der Waals surface area contributed by atoms with Gasteiger partial charge in [-0.3, -0.25) is 4.79 Å². The van der Waals surface area contributed by atoms with Crippen molar-refractivity contribution in [1.29, 1.82) is 0 Å². The summed E-state index contributed by atoms with van der Waals surface area (Å²) < 4.78 is 12.8. The fourth-order valence-corrected chi connectivity index (χ4v) is 6.71. The van der Waals surface area contributed by atoms with E-state index in [1.54, 1.807) is 0 Å². The number of halogens is 1. The molecule has 2 aliphatic carbocycles. The molecule has 1 amide bonds. The number of aromatic carboxylic acids is 1. The van der Waals surface area contributed by atoms with Gasteiger partial charge in [-0.2, -0.15) is 0 Å². The summed E-state index contributed by atoms with van der Waals surface area (Å²) in [4.78, 5) is 31.4. The predicted molar refractivity (Wildman–Crippen MR) is 132 cm³/mol. The number of piperidine rings is 1. The largest absolute Gasteiger partial charge is 0.477 e. The van der Waals surface area contributed by atoms with Crippen LogP contribution in [-0.2, 0) is 4.79 Å². The van der Waals surface area contributed by atoms with Gasteiger partial charge >= 0.3 is 5.97 Å². The Bertz CT molecular complexity index is 867. The number of hydrogen-bond acceptors (Lipinski definition) is 4. The van der Waals surface area contributed by atoms with Crippen LogP contribution in [-0.4, -0.2) is 54.2 Å². The highest BCUT2D eigenvalue weighted by atomic mass is 32.1. The molecule has 1 N–H and O–H groups in total. The van der Waals surface area contributed by atoms with E-state index in [4.69, 9.17) is 0 Å². The fraction of sp³-hybridized carbons (Fsp3) is 0.692. The van der Waals surface area contributed by atoms with E-state index in [-0.39, 0.29) is 29.4 Å². The summed E-state index contributed by atoms with van der Waals surface area (Å²) in [5.41, 5.74) is 1.80. The maximum atomic E-state index is 13.9. The number of nitrogens with zero attached hydrogens (tertiary/aromatic N) is 2. The van der Waals surface area contributed by atoms with Crippen LogP contribution in [0.3, 0.4) is 0 Å². The molecule has 1 saturated carbocycles. The molecule has 0 bridgehead atoms. The highest BCUT2D eigenvalue weighted by molar-refractivity contribution is 7.15. The number of anilines is 1. The number of carbonyl (C=O) groups is 2. The van der Waals surface area contributed by atoms with Crippen LogP contribution in [0.25, 0.3) is 5.57 Å². The summed E-state index contributed by atoms with van der Waals surface area (Å²) in [7, 11) is 0. The van der Waals surface area contributed by atoms with Crippen LogP contribution in [0.15, 0.2) is 12.1 Å². The van der Waals surface area contributed by atoms with Crippen LogP contribution in [0.1, 0.15) is 85.7 Å². The van der Waals surface area contributed by atoms with Gasteiger partial charge in [0.1, 0.15) is 11.6 Å². The predicted octanol–water partition coefficient (Wildman–Crippen LogP) is 6.00. The minimum Gasteiger partial charge on any atom is -0.477 e. The Kier molecular flexibility index (Phi) is 8.23. The summed E-state index contributed by atoms with van der Waals surface area (Å²) in [6, 6.07) is 1.94. The third-order valence-electron chi connectivity index (χ3n) is 7.70. The van der Waals surface area contributed by atoms with E-state index in [2.05, 4.69) is 17.9 Å². The summed E-state index contributed by atoms with van der Waals surface area (Å²) >= 11 is 1.32. The van der Waals surface area contributed by atoms with Crippen molar-refractivity contribution < 1.29 is 19.1 Å². The maximum Gasteiger partial charge on any atom is 0.348 e. The SMILES string of the molecule is C[C@H]1CC[C@H](C(=O)N(c2cc(C3=CCCCC3)sc2C(=O)O)C2CCN(CCF)CC2)CC1. The van der Waals surface area contributed by atoms with Crippen LogP contribution in [0.5, 0.6) is 0 Å². The highest BCUT2D eigenvalue weighted by Gasteiger charge is 2.37. The minimum atomic E-state index is -0.956. The van der Waals surface area contributed by atoms with Gasteiger partial charge in [0.25, 0.3) is 0 Å². The normalized spacial score (nSPS) is 25.0.